The first-order valence-electron chi connectivity index (χ1n) is 6.48. The van der Waals surface area contributed by atoms with Gasteiger partial charge in [-0.1, -0.05) is 60.3 Å². The fourth-order valence-corrected chi connectivity index (χ4v) is 3.66. The molecule has 0 saturated heterocycles. The summed E-state index contributed by atoms with van der Waals surface area (Å²) in [6.07, 6.45) is 0.545. The Balaban J connectivity index is 5.28. The molecule has 0 aliphatic carbocycles. The maximum atomic E-state index is 11.8. The highest BCUT2D eigenvalue weighted by Gasteiger charge is 2.49. The lowest BCUT2D eigenvalue weighted by Gasteiger charge is -2.36. The van der Waals surface area contributed by atoms with Crippen molar-refractivity contribution in [3.8, 4) is 0 Å². The van der Waals surface area contributed by atoms with Crippen molar-refractivity contribution < 1.29 is 14.3 Å². The van der Waals surface area contributed by atoms with Crippen molar-refractivity contribution in [3.05, 3.63) is 0 Å². The predicted octanol–water partition coefficient (Wildman–Crippen LogP) is 2.37. The van der Waals surface area contributed by atoms with E-state index >= 15 is 0 Å². The SMILES string of the molecule is CCC(C(=O)CN)C(Cl)(Cl)OC(Cl)(Cl)C(CC)C(=O)CN. The molecule has 0 bridgehead atoms. The number of alkyl halides is 4. The van der Waals surface area contributed by atoms with Gasteiger partial charge in [0.15, 0.2) is 11.6 Å². The Kier molecular flexibility index (Phi) is 9.03. The molecule has 0 spiro atoms. The average Bonchev–Trinajstić information content (AvgIpc) is 2.37. The van der Waals surface area contributed by atoms with Gasteiger partial charge in [-0.2, -0.15) is 0 Å². The summed E-state index contributed by atoms with van der Waals surface area (Å²) >= 11 is 24.3. The summed E-state index contributed by atoms with van der Waals surface area (Å²) in [6, 6.07) is 0. The molecule has 0 fully saturated rings. The number of ketones is 2. The lowest BCUT2D eigenvalue weighted by atomic mass is 10.00. The highest BCUT2D eigenvalue weighted by atomic mass is 35.5. The summed E-state index contributed by atoms with van der Waals surface area (Å²) in [5, 5.41) is 0. The summed E-state index contributed by atoms with van der Waals surface area (Å²) in [5.74, 6) is -2.64. The molecule has 0 aliphatic rings. The number of rotatable bonds is 10. The quantitative estimate of drug-likeness (QED) is 0.566. The van der Waals surface area contributed by atoms with Crippen molar-refractivity contribution >= 4 is 58.0 Å². The smallest absolute Gasteiger partial charge is 0.229 e. The van der Waals surface area contributed by atoms with Gasteiger partial charge in [-0.05, 0) is 12.8 Å². The number of Topliss-reactive ketones (excluding diaryl/α,β-unsaturated/α-hetero) is 2. The summed E-state index contributed by atoms with van der Waals surface area (Å²) in [6.45, 7) is 2.88. The molecule has 21 heavy (non-hydrogen) atoms. The van der Waals surface area contributed by atoms with Gasteiger partial charge in [0, 0.05) is 0 Å². The van der Waals surface area contributed by atoms with Crippen LogP contribution in [0.15, 0.2) is 0 Å². The minimum absolute atomic E-state index is 0.250. The lowest BCUT2D eigenvalue weighted by molar-refractivity contribution is -0.132. The lowest BCUT2D eigenvalue weighted by Crippen LogP contribution is -2.46. The summed E-state index contributed by atoms with van der Waals surface area (Å²) < 4.78 is 1.28. The van der Waals surface area contributed by atoms with Crippen LogP contribution < -0.4 is 11.5 Å². The molecule has 0 rings (SSSR count). The van der Waals surface area contributed by atoms with Gasteiger partial charge in [0.1, 0.15) is 0 Å². The van der Waals surface area contributed by atoms with E-state index in [1.165, 1.54) is 0 Å². The fraction of sp³-hybridized carbons (Fsp3) is 0.833. The van der Waals surface area contributed by atoms with E-state index in [4.69, 9.17) is 62.6 Å². The molecule has 5 nitrogen and oxygen atoms in total. The van der Waals surface area contributed by atoms with Gasteiger partial charge in [0.2, 0.25) is 9.04 Å². The van der Waals surface area contributed by atoms with Gasteiger partial charge < -0.3 is 16.2 Å². The van der Waals surface area contributed by atoms with Gasteiger partial charge in [-0.15, -0.1) is 0 Å². The molecule has 0 heterocycles. The topological polar surface area (TPSA) is 95.4 Å². The third-order valence-corrected chi connectivity index (χ3v) is 4.44. The summed E-state index contributed by atoms with van der Waals surface area (Å²) in [7, 11) is 0. The van der Waals surface area contributed by atoms with Crippen molar-refractivity contribution in [1.82, 2.24) is 0 Å². The van der Waals surface area contributed by atoms with Gasteiger partial charge in [0.05, 0.1) is 24.9 Å². The van der Waals surface area contributed by atoms with Gasteiger partial charge in [0.25, 0.3) is 0 Å². The van der Waals surface area contributed by atoms with Crippen molar-refractivity contribution in [1.29, 1.82) is 0 Å². The monoisotopic (exact) mass is 380 g/mol. The second-order valence-corrected chi connectivity index (χ2v) is 7.12. The van der Waals surface area contributed by atoms with Crippen LogP contribution in [0.5, 0.6) is 0 Å². The number of nitrogens with two attached hydrogens (primary N) is 2. The molecule has 0 amide bonds. The molecule has 124 valence electrons. The van der Waals surface area contributed by atoms with E-state index in [2.05, 4.69) is 0 Å². The van der Waals surface area contributed by atoms with Crippen molar-refractivity contribution in [3.63, 3.8) is 0 Å². The minimum atomic E-state index is -2.00. The van der Waals surface area contributed by atoms with Gasteiger partial charge in [-0.3, -0.25) is 9.59 Å². The van der Waals surface area contributed by atoms with Crippen LogP contribution in [0.25, 0.3) is 0 Å². The first-order valence-corrected chi connectivity index (χ1v) is 7.99. The number of carbonyl (C=O) groups is 2. The molecule has 2 unspecified atom stereocenters. The van der Waals surface area contributed by atoms with E-state index in [-0.39, 0.29) is 25.9 Å². The Hall–Kier alpha value is 0.380. The Bertz CT molecular complexity index is 344. The normalized spacial score (nSPS) is 15.6. The van der Waals surface area contributed by atoms with Crippen LogP contribution in [0, 0.1) is 11.8 Å². The van der Waals surface area contributed by atoms with Crippen LogP contribution in [0.4, 0.5) is 0 Å². The van der Waals surface area contributed by atoms with Crippen molar-refractivity contribution in [2.75, 3.05) is 13.1 Å². The highest BCUT2D eigenvalue weighted by Crippen LogP contribution is 2.45. The molecule has 0 aromatic rings. The number of hydrogen-bond donors (Lipinski definition) is 2. The minimum Gasteiger partial charge on any atom is -0.324 e. The second kappa shape index (κ2) is 8.87. The molecule has 0 aliphatic heterocycles. The molecule has 0 aromatic heterocycles. The maximum absolute atomic E-state index is 11.8. The molecule has 0 radical (unpaired) electrons. The predicted molar refractivity (Wildman–Crippen MR) is 85.6 cm³/mol. The molecule has 0 saturated carbocycles. The van der Waals surface area contributed by atoms with Crippen LogP contribution in [-0.2, 0) is 14.3 Å². The second-order valence-electron chi connectivity index (χ2n) is 4.49. The maximum Gasteiger partial charge on any atom is 0.229 e. The molecular weight excluding hydrogens is 362 g/mol. The zero-order valence-corrected chi connectivity index (χ0v) is 14.9. The van der Waals surface area contributed by atoms with E-state index < -0.39 is 32.4 Å². The van der Waals surface area contributed by atoms with Crippen molar-refractivity contribution in [2.45, 2.75) is 35.7 Å². The van der Waals surface area contributed by atoms with Gasteiger partial charge >= 0.3 is 0 Å². The molecule has 0 aromatic carbocycles. The number of ether oxygens (including phenoxy) is 1. The number of carbonyl (C=O) groups excluding carboxylic acids is 2. The summed E-state index contributed by atoms with van der Waals surface area (Å²) in [4.78, 5) is 23.5. The zero-order chi connectivity index (χ0) is 16.8. The van der Waals surface area contributed by atoms with Crippen LogP contribution in [0.3, 0.4) is 0 Å². The third-order valence-electron chi connectivity index (χ3n) is 3.08. The Morgan fingerprint density at radius 3 is 1.38 bits per heavy atom. The highest BCUT2D eigenvalue weighted by molar-refractivity contribution is 6.51. The average molecular weight is 382 g/mol. The Morgan fingerprint density at radius 2 is 1.19 bits per heavy atom. The number of halogens is 4. The standard InChI is InChI=1S/C12H20Cl4N2O3/c1-3-7(9(19)5-17)11(13,14)21-12(15,16)8(4-2)10(20)6-18/h7-8H,3-6,17-18H2,1-2H3. The van der Waals surface area contributed by atoms with E-state index in [0.29, 0.717) is 0 Å². The Morgan fingerprint density at radius 1 is 0.905 bits per heavy atom. The van der Waals surface area contributed by atoms with E-state index in [1.807, 2.05) is 0 Å². The zero-order valence-electron chi connectivity index (χ0n) is 11.9. The number of hydrogen-bond acceptors (Lipinski definition) is 5. The first kappa shape index (κ1) is 21.4. The van der Waals surface area contributed by atoms with E-state index in [0.717, 1.165) is 0 Å². The third kappa shape index (κ3) is 5.82. The largest absolute Gasteiger partial charge is 0.324 e. The Labute approximate surface area is 144 Å². The first-order chi connectivity index (χ1) is 9.57. The van der Waals surface area contributed by atoms with Crippen molar-refractivity contribution in [2.24, 2.45) is 23.3 Å². The van der Waals surface area contributed by atoms with Crippen LogP contribution in [-0.4, -0.2) is 33.7 Å². The molecule has 4 N–H and O–H groups in total. The van der Waals surface area contributed by atoms with Crippen LogP contribution in [0.1, 0.15) is 26.7 Å². The van der Waals surface area contributed by atoms with Crippen LogP contribution in [0.2, 0.25) is 0 Å². The molecule has 9 heteroatoms. The molecular formula is C12H20Cl4N2O3. The molecule has 2 atom stereocenters. The van der Waals surface area contributed by atoms with E-state index in [9.17, 15) is 9.59 Å². The van der Waals surface area contributed by atoms with Gasteiger partial charge in [-0.25, -0.2) is 0 Å². The van der Waals surface area contributed by atoms with E-state index in [1.54, 1.807) is 13.8 Å². The fourth-order valence-electron chi connectivity index (χ4n) is 1.91. The van der Waals surface area contributed by atoms with Crippen LogP contribution >= 0.6 is 46.4 Å². The summed E-state index contributed by atoms with van der Waals surface area (Å²) in [5.41, 5.74) is 10.6.